The van der Waals surface area contributed by atoms with E-state index in [1.54, 1.807) is 6.07 Å². The minimum atomic E-state index is 0.227. The minimum absolute atomic E-state index is 0.227. The molecule has 0 atom stereocenters. The van der Waals surface area contributed by atoms with Crippen molar-refractivity contribution in [2.45, 2.75) is 0 Å². The molecule has 0 spiro atoms. The summed E-state index contributed by atoms with van der Waals surface area (Å²) >= 11 is 0. The van der Waals surface area contributed by atoms with Crippen molar-refractivity contribution in [1.82, 2.24) is 4.98 Å². The Hall–Kier alpha value is -1.45. The molecule has 1 aromatic heterocycles. The number of nitroso groups, excluding NO2 is 1. The van der Waals surface area contributed by atoms with Crippen molar-refractivity contribution in [3.63, 3.8) is 0 Å². The van der Waals surface area contributed by atoms with Crippen LogP contribution in [0.25, 0.3) is 0 Å². The molecule has 0 bridgehead atoms. The Labute approximate surface area is 57.8 Å². The zero-order valence-corrected chi connectivity index (χ0v) is 5.44. The number of hydrogen-bond donors (Lipinski definition) is 0. The molecule has 4 heteroatoms. The largest absolute Gasteiger partial charge is 0.494 e. The summed E-state index contributed by atoms with van der Waals surface area (Å²) in [5.74, 6) is 0.449. The minimum Gasteiger partial charge on any atom is -0.494 e. The summed E-state index contributed by atoms with van der Waals surface area (Å²) in [5.41, 5.74) is 0.227. The van der Waals surface area contributed by atoms with Crippen molar-refractivity contribution >= 4 is 5.69 Å². The predicted octanol–water partition coefficient (Wildman–Crippen LogP) is 1.49. The van der Waals surface area contributed by atoms with Crippen LogP contribution < -0.4 is 4.74 Å². The first kappa shape index (κ1) is 6.67. The van der Waals surface area contributed by atoms with Crippen molar-refractivity contribution in [2.24, 2.45) is 5.18 Å². The molecular formula is C6H6N2O2. The molecule has 0 saturated heterocycles. The summed E-state index contributed by atoms with van der Waals surface area (Å²) < 4.78 is 4.80. The quantitative estimate of drug-likeness (QED) is 0.581. The molecule has 0 aliphatic heterocycles. The first-order valence-electron chi connectivity index (χ1n) is 2.70. The summed E-state index contributed by atoms with van der Waals surface area (Å²) in [6.45, 7) is 0. The van der Waals surface area contributed by atoms with Gasteiger partial charge >= 0.3 is 0 Å². The Morgan fingerprint density at radius 2 is 2.50 bits per heavy atom. The van der Waals surface area contributed by atoms with Gasteiger partial charge in [-0.25, -0.2) is 0 Å². The van der Waals surface area contributed by atoms with Gasteiger partial charge in [0.15, 0.2) is 11.4 Å². The number of hydrogen-bond acceptors (Lipinski definition) is 4. The Morgan fingerprint density at radius 1 is 1.70 bits per heavy atom. The molecule has 0 saturated carbocycles. The molecule has 0 unspecified atom stereocenters. The lowest BCUT2D eigenvalue weighted by Crippen LogP contribution is -1.82. The van der Waals surface area contributed by atoms with Gasteiger partial charge in [-0.3, -0.25) is 4.98 Å². The van der Waals surface area contributed by atoms with Crippen molar-refractivity contribution in [1.29, 1.82) is 0 Å². The van der Waals surface area contributed by atoms with E-state index in [1.807, 2.05) is 0 Å². The van der Waals surface area contributed by atoms with Gasteiger partial charge in [-0.05, 0) is 5.18 Å². The van der Waals surface area contributed by atoms with Gasteiger partial charge in [-0.2, -0.15) is 0 Å². The van der Waals surface area contributed by atoms with E-state index in [1.165, 1.54) is 19.5 Å². The van der Waals surface area contributed by atoms with Gasteiger partial charge in [0.2, 0.25) is 0 Å². The van der Waals surface area contributed by atoms with Crippen LogP contribution in [0.4, 0.5) is 5.69 Å². The Bertz CT molecular complexity index is 237. The molecule has 1 heterocycles. The molecule has 0 N–H and O–H groups in total. The normalized spacial score (nSPS) is 8.90. The lowest BCUT2D eigenvalue weighted by Gasteiger charge is -1.97. The summed E-state index contributed by atoms with van der Waals surface area (Å²) in [7, 11) is 1.48. The van der Waals surface area contributed by atoms with Crippen LogP contribution in [0, 0.1) is 4.91 Å². The maximum Gasteiger partial charge on any atom is 0.168 e. The van der Waals surface area contributed by atoms with E-state index in [4.69, 9.17) is 4.74 Å². The average Bonchev–Trinajstić information content (AvgIpc) is 2.04. The molecule has 0 aromatic carbocycles. The molecule has 4 nitrogen and oxygen atoms in total. The number of methoxy groups -OCH3 is 1. The lowest BCUT2D eigenvalue weighted by atomic mass is 10.4. The maximum absolute atomic E-state index is 10.0. The van der Waals surface area contributed by atoms with Gasteiger partial charge < -0.3 is 4.74 Å². The van der Waals surface area contributed by atoms with Gasteiger partial charge in [-0.15, -0.1) is 4.91 Å². The van der Waals surface area contributed by atoms with Crippen molar-refractivity contribution < 1.29 is 4.74 Å². The summed E-state index contributed by atoms with van der Waals surface area (Å²) in [6, 6.07) is 1.58. The van der Waals surface area contributed by atoms with E-state index in [-0.39, 0.29) is 5.69 Å². The second kappa shape index (κ2) is 2.91. The van der Waals surface area contributed by atoms with Crippen LogP contribution in [0.5, 0.6) is 5.75 Å². The molecule has 10 heavy (non-hydrogen) atoms. The summed E-state index contributed by atoms with van der Waals surface area (Å²) in [6.07, 6.45) is 2.89. The van der Waals surface area contributed by atoms with Gasteiger partial charge in [0.05, 0.1) is 13.3 Å². The highest BCUT2D eigenvalue weighted by Crippen LogP contribution is 2.23. The molecular weight excluding hydrogens is 132 g/mol. The lowest BCUT2D eigenvalue weighted by molar-refractivity contribution is 0.415. The fourth-order valence-electron chi connectivity index (χ4n) is 0.615. The first-order chi connectivity index (χ1) is 4.88. The zero-order valence-electron chi connectivity index (χ0n) is 5.44. The number of aromatic nitrogens is 1. The highest BCUT2D eigenvalue weighted by Gasteiger charge is 1.99. The summed E-state index contributed by atoms with van der Waals surface area (Å²) in [4.78, 5) is 13.7. The number of nitrogens with zero attached hydrogens (tertiary/aromatic N) is 2. The van der Waals surface area contributed by atoms with Crippen LogP contribution in [0.15, 0.2) is 23.6 Å². The second-order valence-electron chi connectivity index (χ2n) is 1.64. The number of ether oxygens (including phenoxy) is 1. The van der Waals surface area contributed by atoms with Crippen molar-refractivity contribution in [3.05, 3.63) is 23.4 Å². The highest BCUT2D eigenvalue weighted by molar-refractivity contribution is 5.48. The van der Waals surface area contributed by atoms with Crippen LogP contribution in [0.2, 0.25) is 0 Å². The van der Waals surface area contributed by atoms with Gasteiger partial charge in [0.1, 0.15) is 0 Å². The Balaban J connectivity index is 3.08. The van der Waals surface area contributed by atoms with Gasteiger partial charge in [0, 0.05) is 12.3 Å². The van der Waals surface area contributed by atoms with E-state index in [0.29, 0.717) is 5.75 Å². The second-order valence-corrected chi connectivity index (χ2v) is 1.64. The van der Waals surface area contributed by atoms with E-state index in [9.17, 15) is 4.91 Å². The van der Waals surface area contributed by atoms with Crippen LogP contribution in [-0.4, -0.2) is 12.1 Å². The third kappa shape index (κ3) is 1.10. The monoisotopic (exact) mass is 138 g/mol. The van der Waals surface area contributed by atoms with E-state index >= 15 is 0 Å². The molecule has 0 fully saturated rings. The van der Waals surface area contributed by atoms with E-state index in [0.717, 1.165) is 0 Å². The van der Waals surface area contributed by atoms with E-state index < -0.39 is 0 Å². The smallest absolute Gasteiger partial charge is 0.168 e. The molecule has 0 aliphatic carbocycles. The molecule has 52 valence electrons. The third-order valence-electron chi connectivity index (χ3n) is 1.08. The zero-order chi connectivity index (χ0) is 7.40. The Morgan fingerprint density at radius 3 is 3.00 bits per heavy atom. The molecule has 0 radical (unpaired) electrons. The fourth-order valence-corrected chi connectivity index (χ4v) is 0.615. The maximum atomic E-state index is 10.0. The van der Waals surface area contributed by atoms with Crippen molar-refractivity contribution in [3.8, 4) is 5.75 Å². The van der Waals surface area contributed by atoms with Gasteiger partial charge in [0.25, 0.3) is 0 Å². The molecule has 0 amide bonds. The van der Waals surface area contributed by atoms with Crippen LogP contribution in [0.3, 0.4) is 0 Å². The third-order valence-corrected chi connectivity index (χ3v) is 1.08. The highest BCUT2D eigenvalue weighted by atomic mass is 16.5. The predicted molar refractivity (Wildman–Crippen MR) is 36.2 cm³/mol. The van der Waals surface area contributed by atoms with Crippen LogP contribution in [0.1, 0.15) is 0 Å². The van der Waals surface area contributed by atoms with Crippen LogP contribution in [-0.2, 0) is 0 Å². The number of rotatable bonds is 2. The number of pyridine rings is 1. The molecule has 1 aromatic rings. The van der Waals surface area contributed by atoms with Crippen LogP contribution >= 0.6 is 0 Å². The SMILES string of the molecule is COc1ccncc1N=O. The first-order valence-corrected chi connectivity index (χ1v) is 2.70. The van der Waals surface area contributed by atoms with Crippen molar-refractivity contribution in [2.75, 3.05) is 7.11 Å². The Kier molecular flexibility index (Phi) is 1.94. The average molecular weight is 138 g/mol. The fraction of sp³-hybridized carbons (Fsp3) is 0.167. The summed E-state index contributed by atoms with van der Waals surface area (Å²) in [5, 5.41) is 2.70. The topological polar surface area (TPSA) is 51.6 Å². The van der Waals surface area contributed by atoms with E-state index in [2.05, 4.69) is 10.2 Å². The van der Waals surface area contributed by atoms with Gasteiger partial charge in [-0.1, -0.05) is 0 Å². The molecule has 0 aliphatic rings. The molecule has 1 rings (SSSR count). The standard InChI is InChI=1S/C6H6N2O2/c1-10-6-2-3-7-4-5(6)8-9/h2-4H,1H3.